The van der Waals surface area contributed by atoms with Gasteiger partial charge in [0.2, 0.25) is 11.8 Å². The number of nitrogens with two attached hydrogens (primary N) is 1. The van der Waals surface area contributed by atoms with Crippen molar-refractivity contribution in [2.45, 2.75) is 26.7 Å². The quantitative estimate of drug-likeness (QED) is 0.854. The molecule has 0 aromatic carbocycles. The van der Waals surface area contributed by atoms with Crippen LogP contribution in [0.15, 0.2) is 36.9 Å². The Morgan fingerprint density at radius 3 is 2.43 bits per heavy atom. The van der Waals surface area contributed by atoms with E-state index in [1.165, 1.54) is 6.92 Å². The minimum absolute atomic E-state index is 0.142. The molecule has 23 heavy (non-hydrogen) atoms. The van der Waals surface area contributed by atoms with Crippen LogP contribution in [0, 0.1) is 5.92 Å². The van der Waals surface area contributed by atoms with Crippen molar-refractivity contribution in [3.05, 3.63) is 42.5 Å². The molecule has 2 amide bonds. The van der Waals surface area contributed by atoms with E-state index in [1.54, 1.807) is 24.8 Å². The van der Waals surface area contributed by atoms with Crippen molar-refractivity contribution in [2.75, 3.05) is 5.32 Å². The summed E-state index contributed by atoms with van der Waals surface area (Å²) in [6.45, 7) is 3.44. The molecule has 0 fully saturated rings. The number of rotatable bonds is 6. The Kier molecular flexibility index (Phi) is 5.41. The first kappa shape index (κ1) is 16.6. The van der Waals surface area contributed by atoms with Crippen LogP contribution in [0.2, 0.25) is 0 Å². The second kappa shape index (κ2) is 7.49. The molecule has 1 atom stereocenters. The highest BCUT2D eigenvalue weighted by Gasteiger charge is 2.09. The van der Waals surface area contributed by atoms with Gasteiger partial charge in [0.1, 0.15) is 0 Å². The van der Waals surface area contributed by atoms with Gasteiger partial charge in [0, 0.05) is 43.1 Å². The molecule has 0 radical (unpaired) electrons. The summed E-state index contributed by atoms with van der Waals surface area (Å²) in [7, 11) is 0. The third-order valence-electron chi connectivity index (χ3n) is 3.32. The fourth-order valence-corrected chi connectivity index (χ4v) is 2.44. The number of pyridine rings is 2. The summed E-state index contributed by atoms with van der Waals surface area (Å²) >= 11 is 0. The monoisotopic (exact) mass is 312 g/mol. The minimum atomic E-state index is -0.297. The fraction of sp³-hybridized carbons (Fsp3) is 0.294. The summed E-state index contributed by atoms with van der Waals surface area (Å²) in [6, 6.07) is 3.86. The van der Waals surface area contributed by atoms with E-state index >= 15 is 0 Å². The average Bonchev–Trinajstić information content (AvgIpc) is 2.46. The topological polar surface area (TPSA) is 98.0 Å². The second-order valence-electron chi connectivity index (χ2n) is 5.71. The largest absolute Gasteiger partial charge is 0.370 e. The van der Waals surface area contributed by atoms with Crippen LogP contribution in [-0.4, -0.2) is 21.8 Å². The van der Waals surface area contributed by atoms with Crippen LogP contribution in [-0.2, 0) is 16.0 Å². The van der Waals surface area contributed by atoms with Crippen LogP contribution < -0.4 is 11.1 Å². The Morgan fingerprint density at radius 2 is 1.78 bits per heavy atom. The summed E-state index contributed by atoms with van der Waals surface area (Å²) in [5.41, 5.74) is 8.68. The fourth-order valence-electron chi connectivity index (χ4n) is 2.44. The van der Waals surface area contributed by atoms with E-state index in [4.69, 9.17) is 5.73 Å². The predicted molar refractivity (Wildman–Crippen MR) is 88.5 cm³/mol. The third kappa shape index (κ3) is 5.18. The molecule has 0 saturated carbocycles. The van der Waals surface area contributed by atoms with Gasteiger partial charge in [0.25, 0.3) is 0 Å². The van der Waals surface area contributed by atoms with Gasteiger partial charge >= 0.3 is 0 Å². The van der Waals surface area contributed by atoms with Gasteiger partial charge in [-0.15, -0.1) is 0 Å². The first-order valence-corrected chi connectivity index (χ1v) is 7.39. The van der Waals surface area contributed by atoms with Crippen molar-refractivity contribution in [1.29, 1.82) is 0 Å². The molecule has 2 heterocycles. The van der Waals surface area contributed by atoms with Crippen LogP contribution in [0.3, 0.4) is 0 Å². The molecule has 1 unspecified atom stereocenters. The SMILES string of the molecule is CC(=O)Nc1cncc(-c2cncc(CC(C)CC(N)=O)c2)c1. The van der Waals surface area contributed by atoms with Gasteiger partial charge in [-0.05, 0) is 30.0 Å². The molecule has 0 aliphatic heterocycles. The van der Waals surface area contributed by atoms with E-state index in [-0.39, 0.29) is 17.7 Å². The molecular weight excluding hydrogens is 292 g/mol. The van der Waals surface area contributed by atoms with E-state index in [2.05, 4.69) is 15.3 Å². The van der Waals surface area contributed by atoms with Crippen LogP contribution in [0.5, 0.6) is 0 Å². The molecule has 0 bridgehead atoms. The van der Waals surface area contributed by atoms with E-state index in [1.807, 2.05) is 19.1 Å². The first-order valence-electron chi connectivity index (χ1n) is 7.39. The van der Waals surface area contributed by atoms with E-state index in [0.717, 1.165) is 23.1 Å². The van der Waals surface area contributed by atoms with Crippen molar-refractivity contribution in [1.82, 2.24) is 9.97 Å². The highest BCUT2D eigenvalue weighted by atomic mass is 16.1. The van der Waals surface area contributed by atoms with Gasteiger partial charge in [-0.1, -0.05) is 6.92 Å². The number of nitrogens with zero attached hydrogens (tertiary/aromatic N) is 2. The molecular formula is C17H20N4O2. The Balaban J connectivity index is 2.19. The highest BCUT2D eigenvalue weighted by molar-refractivity contribution is 5.89. The van der Waals surface area contributed by atoms with Crippen molar-refractivity contribution >= 4 is 17.5 Å². The number of carbonyl (C=O) groups is 2. The molecule has 0 spiro atoms. The Hall–Kier alpha value is -2.76. The Morgan fingerprint density at radius 1 is 1.13 bits per heavy atom. The number of hydrogen-bond donors (Lipinski definition) is 2. The van der Waals surface area contributed by atoms with Gasteiger partial charge in [0.15, 0.2) is 0 Å². The lowest BCUT2D eigenvalue weighted by Gasteiger charge is -2.10. The first-order chi connectivity index (χ1) is 10.9. The molecule has 6 heteroatoms. The summed E-state index contributed by atoms with van der Waals surface area (Å²) in [5, 5.41) is 2.71. The lowest BCUT2D eigenvalue weighted by atomic mass is 9.97. The average molecular weight is 312 g/mol. The zero-order valence-electron chi connectivity index (χ0n) is 13.2. The van der Waals surface area contributed by atoms with E-state index in [0.29, 0.717) is 12.1 Å². The maximum atomic E-state index is 11.1. The predicted octanol–water partition coefficient (Wildman–Crippen LogP) is 2.16. The molecule has 2 aromatic heterocycles. The maximum Gasteiger partial charge on any atom is 0.221 e. The number of nitrogens with one attached hydrogen (secondary N) is 1. The highest BCUT2D eigenvalue weighted by Crippen LogP contribution is 2.23. The van der Waals surface area contributed by atoms with Crippen LogP contribution in [0.4, 0.5) is 5.69 Å². The zero-order chi connectivity index (χ0) is 16.8. The van der Waals surface area contributed by atoms with E-state index < -0.39 is 0 Å². The Labute approximate surface area is 135 Å². The molecule has 0 aliphatic rings. The number of anilines is 1. The van der Waals surface area contributed by atoms with Crippen LogP contribution in [0.25, 0.3) is 11.1 Å². The Bertz CT molecular complexity index is 715. The van der Waals surface area contributed by atoms with Crippen LogP contribution in [0.1, 0.15) is 25.8 Å². The number of amides is 2. The zero-order valence-corrected chi connectivity index (χ0v) is 13.2. The normalized spacial score (nSPS) is 11.7. The maximum absolute atomic E-state index is 11.1. The standard InChI is InChI=1S/C17H20N4O2/c1-11(4-17(18)23)3-13-5-14(8-19-7-13)15-6-16(10-20-9-15)21-12(2)22/h5-11H,3-4H2,1-2H3,(H2,18,23)(H,21,22). The molecule has 120 valence electrons. The van der Waals surface area contributed by atoms with Crippen molar-refractivity contribution in [2.24, 2.45) is 11.7 Å². The molecule has 0 aliphatic carbocycles. The number of aromatic nitrogens is 2. The number of primary amides is 1. The molecule has 3 N–H and O–H groups in total. The smallest absolute Gasteiger partial charge is 0.221 e. The molecule has 2 aromatic rings. The lowest BCUT2D eigenvalue weighted by molar-refractivity contribution is -0.118. The van der Waals surface area contributed by atoms with Gasteiger partial charge in [-0.25, -0.2) is 0 Å². The summed E-state index contributed by atoms with van der Waals surface area (Å²) in [5.74, 6) is -0.279. The molecule has 0 saturated heterocycles. The summed E-state index contributed by atoms with van der Waals surface area (Å²) in [6.07, 6.45) is 7.92. The van der Waals surface area contributed by atoms with Gasteiger partial charge in [-0.2, -0.15) is 0 Å². The number of carbonyl (C=O) groups excluding carboxylic acids is 2. The lowest BCUT2D eigenvalue weighted by Crippen LogP contribution is -2.16. The molecule has 6 nitrogen and oxygen atoms in total. The van der Waals surface area contributed by atoms with Gasteiger partial charge < -0.3 is 11.1 Å². The number of hydrogen-bond acceptors (Lipinski definition) is 4. The second-order valence-corrected chi connectivity index (χ2v) is 5.71. The van der Waals surface area contributed by atoms with Crippen molar-refractivity contribution < 1.29 is 9.59 Å². The van der Waals surface area contributed by atoms with Gasteiger partial charge in [0.05, 0.1) is 11.9 Å². The van der Waals surface area contributed by atoms with E-state index in [9.17, 15) is 9.59 Å². The van der Waals surface area contributed by atoms with Crippen molar-refractivity contribution in [3.63, 3.8) is 0 Å². The third-order valence-corrected chi connectivity index (χ3v) is 3.32. The molecule has 2 rings (SSSR count). The minimum Gasteiger partial charge on any atom is -0.370 e. The van der Waals surface area contributed by atoms with Crippen LogP contribution >= 0.6 is 0 Å². The summed E-state index contributed by atoms with van der Waals surface area (Å²) < 4.78 is 0. The summed E-state index contributed by atoms with van der Waals surface area (Å²) in [4.78, 5) is 30.5. The van der Waals surface area contributed by atoms with Crippen molar-refractivity contribution in [3.8, 4) is 11.1 Å². The van der Waals surface area contributed by atoms with Gasteiger partial charge in [-0.3, -0.25) is 19.6 Å².